The first-order chi connectivity index (χ1) is 10.2. The van der Waals surface area contributed by atoms with Gasteiger partial charge in [-0.05, 0) is 31.7 Å². The highest BCUT2D eigenvalue weighted by Crippen LogP contribution is 2.24. The molecule has 1 N–H and O–H groups in total. The van der Waals surface area contributed by atoms with E-state index >= 15 is 0 Å². The normalized spacial score (nSPS) is 20.3. The van der Waals surface area contributed by atoms with E-state index in [0.717, 1.165) is 12.8 Å². The molecule has 0 bridgehead atoms. The molecule has 1 aliphatic heterocycles. The van der Waals surface area contributed by atoms with Crippen molar-refractivity contribution in [1.82, 2.24) is 10.3 Å². The SMILES string of the molecule is O=C1CCN(c2ccc(OC3CCCCC3)nc2)C(=O)N1. The van der Waals surface area contributed by atoms with Crippen LogP contribution in [-0.4, -0.2) is 29.6 Å². The molecule has 2 heterocycles. The molecule has 1 aliphatic carbocycles. The zero-order valence-corrected chi connectivity index (χ0v) is 11.9. The second-order valence-electron chi connectivity index (χ2n) is 5.49. The summed E-state index contributed by atoms with van der Waals surface area (Å²) in [4.78, 5) is 28.7. The Morgan fingerprint density at radius 2 is 2.00 bits per heavy atom. The maximum atomic E-state index is 11.7. The van der Waals surface area contributed by atoms with Crippen LogP contribution >= 0.6 is 0 Å². The quantitative estimate of drug-likeness (QED) is 0.926. The van der Waals surface area contributed by atoms with Gasteiger partial charge < -0.3 is 4.74 Å². The van der Waals surface area contributed by atoms with Crippen molar-refractivity contribution in [3.8, 4) is 5.88 Å². The van der Waals surface area contributed by atoms with Gasteiger partial charge in [-0.15, -0.1) is 0 Å². The predicted molar refractivity (Wildman–Crippen MR) is 77.2 cm³/mol. The third-order valence-corrected chi connectivity index (χ3v) is 3.93. The first-order valence-electron chi connectivity index (χ1n) is 7.46. The zero-order valence-electron chi connectivity index (χ0n) is 11.9. The molecule has 0 atom stereocenters. The molecule has 2 aliphatic rings. The number of aromatic nitrogens is 1. The minimum absolute atomic E-state index is 0.235. The third-order valence-electron chi connectivity index (χ3n) is 3.93. The monoisotopic (exact) mass is 289 g/mol. The van der Waals surface area contributed by atoms with E-state index in [1.54, 1.807) is 18.3 Å². The zero-order chi connectivity index (χ0) is 14.7. The summed E-state index contributed by atoms with van der Waals surface area (Å²) in [6.45, 7) is 0.384. The van der Waals surface area contributed by atoms with Crippen molar-refractivity contribution in [2.75, 3.05) is 11.4 Å². The molecular formula is C15H19N3O3. The number of pyridine rings is 1. The molecule has 0 unspecified atom stereocenters. The number of urea groups is 1. The molecule has 112 valence electrons. The smallest absolute Gasteiger partial charge is 0.328 e. The van der Waals surface area contributed by atoms with Gasteiger partial charge in [0.15, 0.2) is 0 Å². The lowest BCUT2D eigenvalue weighted by Gasteiger charge is -2.26. The highest BCUT2D eigenvalue weighted by molar-refractivity contribution is 6.05. The first-order valence-corrected chi connectivity index (χ1v) is 7.46. The Balaban J connectivity index is 1.63. The van der Waals surface area contributed by atoms with E-state index in [1.165, 1.54) is 24.2 Å². The van der Waals surface area contributed by atoms with E-state index in [0.29, 0.717) is 24.5 Å². The van der Waals surface area contributed by atoms with E-state index in [1.807, 2.05) is 0 Å². The molecule has 1 aromatic rings. The number of carbonyl (C=O) groups is 2. The Bertz CT molecular complexity index is 523. The van der Waals surface area contributed by atoms with E-state index in [2.05, 4.69) is 10.3 Å². The van der Waals surface area contributed by atoms with Crippen molar-refractivity contribution in [3.05, 3.63) is 18.3 Å². The minimum Gasteiger partial charge on any atom is -0.474 e. The standard InChI is InChI=1S/C15H19N3O3/c19-13-8-9-18(15(20)17-13)11-6-7-14(16-10-11)21-12-4-2-1-3-5-12/h6-7,10,12H,1-5,8-9H2,(H,17,19,20). The summed E-state index contributed by atoms with van der Waals surface area (Å²) in [5.74, 6) is 0.362. The van der Waals surface area contributed by atoms with Gasteiger partial charge in [-0.2, -0.15) is 0 Å². The van der Waals surface area contributed by atoms with Gasteiger partial charge in [0, 0.05) is 19.0 Å². The number of rotatable bonds is 3. The van der Waals surface area contributed by atoms with E-state index in [-0.39, 0.29) is 12.0 Å². The lowest BCUT2D eigenvalue weighted by molar-refractivity contribution is -0.120. The van der Waals surface area contributed by atoms with Crippen LogP contribution in [0.2, 0.25) is 0 Å². The summed E-state index contributed by atoms with van der Waals surface area (Å²) in [5, 5.41) is 2.30. The summed E-state index contributed by atoms with van der Waals surface area (Å²) in [6, 6.07) is 3.20. The number of hydrogen-bond acceptors (Lipinski definition) is 4. The van der Waals surface area contributed by atoms with Crippen LogP contribution in [0.1, 0.15) is 38.5 Å². The number of nitrogens with one attached hydrogen (secondary N) is 1. The molecule has 1 saturated heterocycles. The molecule has 6 nitrogen and oxygen atoms in total. The summed E-state index contributed by atoms with van der Waals surface area (Å²) < 4.78 is 5.86. The van der Waals surface area contributed by atoms with Crippen molar-refractivity contribution in [1.29, 1.82) is 0 Å². The lowest BCUT2D eigenvalue weighted by Crippen LogP contribution is -2.49. The maximum Gasteiger partial charge on any atom is 0.328 e. The van der Waals surface area contributed by atoms with Crippen LogP contribution in [0.3, 0.4) is 0 Å². The van der Waals surface area contributed by atoms with E-state index < -0.39 is 6.03 Å². The summed E-state index contributed by atoms with van der Waals surface area (Å²) in [5.41, 5.74) is 0.677. The third kappa shape index (κ3) is 3.32. The van der Waals surface area contributed by atoms with Crippen molar-refractivity contribution in [2.45, 2.75) is 44.6 Å². The minimum atomic E-state index is -0.394. The van der Waals surface area contributed by atoms with E-state index in [9.17, 15) is 9.59 Å². The van der Waals surface area contributed by atoms with Crippen molar-refractivity contribution < 1.29 is 14.3 Å². The van der Waals surface area contributed by atoms with E-state index in [4.69, 9.17) is 4.74 Å². The highest BCUT2D eigenvalue weighted by atomic mass is 16.5. The van der Waals surface area contributed by atoms with Crippen molar-refractivity contribution in [3.63, 3.8) is 0 Å². The Morgan fingerprint density at radius 3 is 2.67 bits per heavy atom. The largest absolute Gasteiger partial charge is 0.474 e. The van der Waals surface area contributed by atoms with Crippen LogP contribution in [0.4, 0.5) is 10.5 Å². The summed E-state index contributed by atoms with van der Waals surface area (Å²) >= 11 is 0. The molecule has 21 heavy (non-hydrogen) atoms. The molecular weight excluding hydrogens is 270 g/mol. The number of hydrogen-bond donors (Lipinski definition) is 1. The van der Waals surface area contributed by atoms with Gasteiger partial charge >= 0.3 is 6.03 Å². The topological polar surface area (TPSA) is 71.5 Å². The van der Waals surface area contributed by atoms with Gasteiger partial charge in [0.25, 0.3) is 0 Å². The number of anilines is 1. The number of imide groups is 1. The average molecular weight is 289 g/mol. The molecule has 0 spiro atoms. The predicted octanol–water partition coefficient (Wildman–Crippen LogP) is 2.24. The van der Waals surface area contributed by atoms with Crippen LogP contribution in [0.5, 0.6) is 5.88 Å². The molecule has 3 amide bonds. The lowest BCUT2D eigenvalue weighted by atomic mass is 9.98. The molecule has 1 aromatic heterocycles. The highest BCUT2D eigenvalue weighted by Gasteiger charge is 2.24. The fourth-order valence-corrected chi connectivity index (χ4v) is 2.77. The molecule has 1 saturated carbocycles. The molecule has 6 heteroatoms. The van der Waals surface area contributed by atoms with Crippen LogP contribution in [0.25, 0.3) is 0 Å². The number of nitrogens with zero attached hydrogens (tertiary/aromatic N) is 2. The van der Waals surface area contributed by atoms with Crippen LogP contribution in [-0.2, 0) is 4.79 Å². The fourth-order valence-electron chi connectivity index (χ4n) is 2.77. The first kappa shape index (κ1) is 13.9. The van der Waals surface area contributed by atoms with Gasteiger partial charge in [0.2, 0.25) is 11.8 Å². The number of ether oxygens (including phenoxy) is 1. The fraction of sp³-hybridized carbons (Fsp3) is 0.533. The van der Waals surface area contributed by atoms with Gasteiger partial charge in [-0.3, -0.25) is 15.0 Å². The summed E-state index contributed by atoms with van der Waals surface area (Å²) in [6.07, 6.45) is 8.07. The molecule has 0 aromatic carbocycles. The van der Waals surface area contributed by atoms with Crippen molar-refractivity contribution in [2.24, 2.45) is 0 Å². The Morgan fingerprint density at radius 1 is 1.19 bits per heavy atom. The number of amides is 3. The van der Waals surface area contributed by atoms with Crippen molar-refractivity contribution >= 4 is 17.6 Å². The Hall–Kier alpha value is -2.11. The maximum absolute atomic E-state index is 11.7. The molecule has 3 rings (SSSR count). The van der Waals surface area contributed by atoms with Gasteiger partial charge in [0.1, 0.15) is 6.10 Å². The number of carbonyl (C=O) groups excluding carboxylic acids is 2. The van der Waals surface area contributed by atoms with Gasteiger partial charge in [-0.1, -0.05) is 6.42 Å². The Kier molecular flexibility index (Phi) is 4.03. The van der Waals surface area contributed by atoms with Gasteiger partial charge in [0.05, 0.1) is 11.9 Å². The van der Waals surface area contributed by atoms with Gasteiger partial charge in [-0.25, -0.2) is 9.78 Å². The molecule has 2 fully saturated rings. The average Bonchev–Trinajstić information content (AvgIpc) is 2.49. The van der Waals surface area contributed by atoms with Crippen LogP contribution in [0, 0.1) is 0 Å². The Labute approximate surface area is 123 Å². The summed E-state index contributed by atoms with van der Waals surface area (Å²) in [7, 11) is 0. The molecule has 0 radical (unpaired) electrons. The second kappa shape index (κ2) is 6.11. The van der Waals surface area contributed by atoms with Crippen LogP contribution in [0.15, 0.2) is 18.3 Å². The van der Waals surface area contributed by atoms with Crippen LogP contribution < -0.4 is 15.0 Å². The second-order valence-corrected chi connectivity index (χ2v) is 5.49.